The molecule has 1 aromatic heterocycles. The van der Waals surface area contributed by atoms with Gasteiger partial charge in [-0.15, -0.1) is 0 Å². The fourth-order valence-corrected chi connectivity index (χ4v) is 2.15. The van der Waals surface area contributed by atoms with Gasteiger partial charge < -0.3 is 11.1 Å². The molecule has 0 aliphatic carbocycles. The summed E-state index contributed by atoms with van der Waals surface area (Å²) in [5.41, 5.74) is 10.1. The topological polar surface area (TPSA) is 72.9 Å². The van der Waals surface area contributed by atoms with E-state index in [1.54, 1.807) is 4.68 Å². The Hall–Kier alpha value is -2.30. The fourth-order valence-electron chi connectivity index (χ4n) is 2.15. The Kier molecular flexibility index (Phi) is 4.31. The maximum atomic E-state index is 12.1. The highest BCUT2D eigenvalue weighted by Gasteiger charge is 2.11. The van der Waals surface area contributed by atoms with Gasteiger partial charge >= 0.3 is 0 Å². The van der Waals surface area contributed by atoms with E-state index < -0.39 is 0 Å². The van der Waals surface area contributed by atoms with Crippen molar-refractivity contribution in [1.29, 1.82) is 0 Å². The fraction of sp³-hybridized carbons (Fsp3) is 0.375. The van der Waals surface area contributed by atoms with Crippen LogP contribution in [0.3, 0.4) is 0 Å². The second kappa shape index (κ2) is 5.99. The molecule has 2 aromatic rings. The van der Waals surface area contributed by atoms with Gasteiger partial charge in [0, 0.05) is 5.69 Å². The Morgan fingerprint density at radius 1 is 1.29 bits per heavy atom. The predicted octanol–water partition coefficient (Wildman–Crippen LogP) is 2.84. The van der Waals surface area contributed by atoms with Gasteiger partial charge in [-0.05, 0) is 37.5 Å². The summed E-state index contributed by atoms with van der Waals surface area (Å²) in [7, 11) is 0. The third-order valence-corrected chi connectivity index (χ3v) is 3.59. The van der Waals surface area contributed by atoms with Crippen LogP contribution in [0.4, 0.5) is 11.4 Å². The number of aromatic nitrogens is 2. The van der Waals surface area contributed by atoms with E-state index in [0.29, 0.717) is 11.6 Å². The van der Waals surface area contributed by atoms with Gasteiger partial charge in [0.05, 0.1) is 17.1 Å². The van der Waals surface area contributed by atoms with Crippen molar-refractivity contribution in [3.63, 3.8) is 0 Å². The lowest BCUT2D eigenvalue weighted by atomic mass is 10.0. The molecule has 0 atom stereocenters. The van der Waals surface area contributed by atoms with Crippen LogP contribution in [-0.4, -0.2) is 15.7 Å². The average Bonchev–Trinajstić information content (AvgIpc) is 2.67. The van der Waals surface area contributed by atoms with Gasteiger partial charge in [0.15, 0.2) is 0 Å². The predicted molar refractivity (Wildman–Crippen MR) is 85.3 cm³/mol. The molecule has 0 saturated carbocycles. The first-order valence-corrected chi connectivity index (χ1v) is 7.07. The van der Waals surface area contributed by atoms with Crippen molar-refractivity contribution in [2.75, 3.05) is 11.1 Å². The van der Waals surface area contributed by atoms with E-state index in [4.69, 9.17) is 5.73 Å². The normalized spacial score (nSPS) is 10.9. The molecule has 0 aliphatic rings. The molecule has 0 aliphatic heterocycles. The van der Waals surface area contributed by atoms with Crippen molar-refractivity contribution in [2.24, 2.45) is 0 Å². The summed E-state index contributed by atoms with van der Waals surface area (Å²) in [6.45, 7) is 8.14. The van der Waals surface area contributed by atoms with E-state index in [-0.39, 0.29) is 12.5 Å². The third kappa shape index (κ3) is 3.42. The van der Waals surface area contributed by atoms with Crippen LogP contribution in [0.25, 0.3) is 0 Å². The highest BCUT2D eigenvalue weighted by Crippen LogP contribution is 2.18. The zero-order valence-corrected chi connectivity index (χ0v) is 13.0. The van der Waals surface area contributed by atoms with E-state index in [1.165, 1.54) is 5.56 Å². The van der Waals surface area contributed by atoms with Crippen LogP contribution in [-0.2, 0) is 11.3 Å². The van der Waals surface area contributed by atoms with Gasteiger partial charge in [-0.3, -0.25) is 9.48 Å². The number of amides is 1. The van der Waals surface area contributed by atoms with Crippen LogP contribution < -0.4 is 11.1 Å². The van der Waals surface area contributed by atoms with E-state index in [9.17, 15) is 4.79 Å². The lowest BCUT2D eigenvalue weighted by Gasteiger charge is -2.09. The largest absolute Gasteiger partial charge is 0.396 e. The van der Waals surface area contributed by atoms with Gasteiger partial charge in [0.2, 0.25) is 5.91 Å². The van der Waals surface area contributed by atoms with Crippen LogP contribution in [0.2, 0.25) is 0 Å². The van der Waals surface area contributed by atoms with Crippen molar-refractivity contribution in [1.82, 2.24) is 9.78 Å². The standard InChI is InChI=1S/C16H22N4O/c1-10(2)13-5-7-14(8-6-13)18-15(21)9-20-12(4)16(17)11(3)19-20/h5-8,10H,9,17H2,1-4H3,(H,18,21). The molecule has 1 aromatic carbocycles. The minimum absolute atomic E-state index is 0.113. The molecule has 5 nitrogen and oxygen atoms in total. The highest BCUT2D eigenvalue weighted by molar-refractivity contribution is 5.90. The number of aryl methyl sites for hydroxylation is 1. The number of anilines is 2. The van der Waals surface area contributed by atoms with Gasteiger partial charge in [-0.2, -0.15) is 5.10 Å². The Balaban J connectivity index is 2.03. The number of carbonyl (C=O) groups excluding carboxylic acids is 1. The highest BCUT2D eigenvalue weighted by atomic mass is 16.2. The van der Waals surface area contributed by atoms with Crippen LogP contribution >= 0.6 is 0 Å². The van der Waals surface area contributed by atoms with Crippen molar-refractivity contribution in [3.05, 3.63) is 41.2 Å². The molecule has 0 radical (unpaired) electrons. The number of nitrogen functional groups attached to an aromatic ring is 1. The molecule has 0 unspecified atom stereocenters. The number of hydrogen-bond donors (Lipinski definition) is 2. The van der Waals surface area contributed by atoms with Crippen LogP contribution in [0.15, 0.2) is 24.3 Å². The third-order valence-electron chi connectivity index (χ3n) is 3.59. The second-order valence-corrected chi connectivity index (χ2v) is 5.57. The molecule has 112 valence electrons. The summed E-state index contributed by atoms with van der Waals surface area (Å²) in [6, 6.07) is 7.90. The van der Waals surface area contributed by atoms with Crippen molar-refractivity contribution < 1.29 is 4.79 Å². The molecule has 1 amide bonds. The van der Waals surface area contributed by atoms with Gasteiger partial charge in [-0.1, -0.05) is 26.0 Å². The molecular weight excluding hydrogens is 264 g/mol. The molecule has 0 bridgehead atoms. The molecule has 0 spiro atoms. The summed E-state index contributed by atoms with van der Waals surface area (Å²) in [4.78, 5) is 12.1. The lowest BCUT2D eigenvalue weighted by Crippen LogP contribution is -2.20. The van der Waals surface area contributed by atoms with Gasteiger partial charge in [0.1, 0.15) is 6.54 Å². The molecule has 2 rings (SSSR count). The molecule has 0 saturated heterocycles. The number of benzene rings is 1. The van der Waals surface area contributed by atoms with E-state index in [0.717, 1.165) is 17.1 Å². The van der Waals surface area contributed by atoms with Crippen LogP contribution in [0.5, 0.6) is 0 Å². The molecule has 1 heterocycles. The molecular formula is C16H22N4O. The number of carbonyl (C=O) groups is 1. The number of rotatable bonds is 4. The second-order valence-electron chi connectivity index (χ2n) is 5.57. The van der Waals surface area contributed by atoms with Crippen LogP contribution in [0.1, 0.15) is 36.7 Å². The summed E-state index contributed by atoms with van der Waals surface area (Å²) in [5.74, 6) is 0.366. The first-order valence-electron chi connectivity index (χ1n) is 7.07. The van der Waals surface area contributed by atoms with E-state index in [2.05, 4.69) is 24.3 Å². The van der Waals surface area contributed by atoms with E-state index >= 15 is 0 Å². The summed E-state index contributed by atoms with van der Waals surface area (Å²) in [6.07, 6.45) is 0. The Morgan fingerprint density at radius 3 is 2.38 bits per heavy atom. The first-order chi connectivity index (χ1) is 9.88. The Morgan fingerprint density at radius 2 is 1.90 bits per heavy atom. The van der Waals surface area contributed by atoms with Crippen LogP contribution in [0, 0.1) is 13.8 Å². The van der Waals surface area contributed by atoms with Crippen molar-refractivity contribution >= 4 is 17.3 Å². The smallest absolute Gasteiger partial charge is 0.246 e. The monoisotopic (exact) mass is 286 g/mol. The SMILES string of the molecule is Cc1nn(CC(=O)Nc2ccc(C(C)C)cc2)c(C)c1N. The number of nitrogens with zero attached hydrogens (tertiary/aromatic N) is 2. The number of nitrogens with two attached hydrogens (primary N) is 1. The Labute approximate surface area is 125 Å². The molecule has 0 fully saturated rings. The minimum atomic E-state index is -0.113. The maximum absolute atomic E-state index is 12.1. The van der Waals surface area contributed by atoms with Gasteiger partial charge in [0.25, 0.3) is 0 Å². The number of nitrogens with one attached hydrogen (secondary N) is 1. The zero-order chi connectivity index (χ0) is 15.6. The molecule has 21 heavy (non-hydrogen) atoms. The van der Waals surface area contributed by atoms with Crippen molar-refractivity contribution in [2.45, 2.75) is 40.2 Å². The summed E-state index contributed by atoms with van der Waals surface area (Å²) < 4.78 is 1.63. The molecule has 3 N–H and O–H groups in total. The Bertz CT molecular complexity index is 641. The summed E-state index contributed by atoms with van der Waals surface area (Å²) >= 11 is 0. The number of hydrogen-bond acceptors (Lipinski definition) is 3. The summed E-state index contributed by atoms with van der Waals surface area (Å²) in [5, 5.41) is 7.13. The average molecular weight is 286 g/mol. The quantitative estimate of drug-likeness (QED) is 0.907. The maximum Gasteiger partial charge on any atom is 0.246 e. The van der Waals surface area contributed by atoms with E-state index in [1.807, 2.05) is 38.1 Å². The first kappa shape index (κ1) is 15.1. The lowest BCUT2D eigenvalue weighted by molar-refractivity contribution is -0.116. The zero-order valence-electron chi connectivity index (χ0n) is 13.0. The van der Waals surface area contributed by atoms with Gasteiger partial charge in [-0.25, -0.2) is 0 Å². The minimum Gasteiger partial charge on any atom is -0.396 e. The van der Waals surface area contributed by atoms with Crippen molar-refractivity contribution in [3.8, 4) is 0 Å². The molecule has 5 heteroatoms.